The molecule has 3 aliphatic rings. The van der Waals surface area contributed by atoms with Crippen molar-refractivity contribution in [1.82, 2.24) is 4.57 Å². The Labute approximate surface area is 512 Å². The van der Waals surface area contributed by atoms with Crippen molar-refractivity contribution in [2.24, 2.45) is 0 Å². The van der Waals surface area contributed by atoms with Crippen molar-refractivity contribution in [2.75, 3.05) is 4.90 Å². The van der Waals surface area contributed by atoms with Gasteiger partial charge in [-0.15, -0.1) is 0 Å². The van der Waals surface area contributed by atoms with Gasteiger partial charge in [0.2, 0.25) is 0 Å². The monoisotopic (exact) mass is 1120 g/mol. The molecule has 0 amide bonds. The van der Waals surface area contributed by atoms with E-state index in [0.717, 1.165) is 39.4 Å². The van der Waals surface area contributed by atoms with Crippen molar-refractivity contribution in [1.29, 1.82) is 0 Å². The highest BCUT2D eigenvalue weighted by Crippen LogP contribution is 2.64. The molecule has 15 aromatic rings. The Kier molecular flexibility index (Phi) is 11.2. The third-order valence-corrected chi connectivity index (χ3v) is 19.5. The lowest BCUT2D eigenvalue weighted by Gasteiger charge is -2.33. The van der Waals surface area contributed by atoms with Gasteiger partial charge in [0, 0.05) is 33.4 Å². The van der Waals surface area contributed by atoms with Gasteiger partial charge >= 0.3 is 0 Å². The predicted molar refractivity (Wildman–Crippen MR) is 365 cm³/mol. The van der Waals surface area contributed by atoms with Crippen LogP contribution in [-0.4, -0.2) is 4.57 Å². The number of hydrogen-bond acceptors (Lipinski definition) is 1. The fraction of sp³-hybridized carbons (Fsp3) is 0.0233. The van der Waals surface area contributed by atoms with E-state index in [2.05, 4.69) is 349 Å². The van der Waals surface area contributed by atoms with E-state index >= 15 is 0 Å². The van der Waals surface area contributed by atoms with Gasteiger partial charge in [-0.25, -0.2) is 0 Å². The lowest BCUT2D eigenvalue weighted by atomic mass is 9.68. The summed E-state index contributed by atoms with van der Waals surface area (Å²) in [6, 6.07) is 127. The summed E-state index contributed by atoms with van der Waals surface area (Å²) in [6.07, 6.45) is 0. The van der Waals surface area contributed by atoms with Crippen molar-refractivity contribution in [3.05, 3.63) is 384 Å². The summed E-state index contributed by atoms with van der Waals surface area (Å²) >= 11 is 0. The summed E-state index contributed by atoms with van der Waals surface area (Å²) in [6.45, 7) is 0. The molecule has 0 aliphatic heterocycles. The summed E-state index contributed by atoms with van der Waals surface area (Å²) in [5.74, 6) is 0. The molecule has 88 heavy (non-hydrogen) atoms. The first-order valence-corrected chi connectivity index (χ1v) is 30.6. The van der Waals surface area contributed by atoms with Crippen LogP contribution in [0.2, 0.25) is 0 Å². The number of rotatable bonds is 9. The molecular formula is C86H56N2. The van der Waals surface area contributed by atoms with E-state index in [1.54, 1.807) is 0 Å². The molecule has 0 N–H and O–H groups in total. The van der Waals surface area contributed by atoms with Crippen LogP contribution in [0.4, 0.5) is 17.1 Å². The fourth-order valence-corrected chi connectivity index (χ4v) is 15.8. The van der Waals surface area contributed by atoms with Crippen LogP contribution in [0, 0.1) is 0 Å². The topological polar surface area (TPSA) is 8.17 Å². The number of aromatic nitrogens is 1. The van der Waals surface area contributed by atoms with Crippen molar-refractivity contribution in [3.8, 4) is 72.4 Å². The number of benzene rings is 14. The summed E-state index contributed by atoms with van der Waals surface area (Å²) < 4.78 is 2.48. The second kappa shape index (κ2) is 19.6. The van der Waals surface area contributed by atoms with Crippen molar-refractivity contribution in [2.45, 2.75) is 10.8 Å². The van der Waals surface area contributed by atoms with Crippen molar-refractivity contribution >= 4 is 38.9 Å². The van der Waals surface area contributed by atoms with Gasteiger partial charge in [-0.2, -0.15) is 0 Å². The first-order valence-electron chi connectivity index (χ1n) is 30.6. The standard InChI is InChI=1S/C86H56N2/c1-4-22-57(23-5-1)58-44-47-64(48-45-58)87(66-49-52-72-70-31-12-19-37-79(70)86(81(72)56-66)77-35-17-10-29-68(77)69-30-11-18-36-78(69)86)82-38-20-14-28-67(82)60-42-40-59(41-43-60)61-46-51-74-73-33-15-21-39-83(73)88(84(74)54-61)65-50-53-80-75(55-65)71-32-13-16-34-76(71)85(80,62-24-6-2-7-25-62)63-26-8-3-9-27-63/h1-56H. The van der Waals surface area contributed by atoms with Gasteiger partial charge < -0.3 is 9.47 Å². The number of fused-ring (bicyclic) bond motifs is 16. The maximum absolute atomic E-state index is 2.50. The highest BCUT2D eigenvalue weighted by atomic mass is 15.1. The molecule has 0 unspecified atom stereocenters. The normalized spacial score (nSPS) is 13.4. The lowest BCUT2D eigenvalue weighted by Crippen LogP contribution is -2.28. The Morgan fingerprint density at radius 2 is 0.659 bits per heavy atom. The van der Waals surface area contributed by atoms with Crippen molar-refractivity contribution < 1.29 is 0 Å². The predicted octanol–water partition coefficient (Wildman–Crippen LogP) is 22.0. The summed E-state index contributed by atoms with van der Waals surface area (Å²) in [7, 11) is 0. The van der Waals surface area contributed by atoms with Gasteiger partial charge in [-0.3, -0.25) is 0 Å². The molecule has 0 fully saturated rings. The van der Waals surface area contributed by atoms with Gasteiger partial charge in [-0.1, -0.05) is 285 Å². The molecule has 1 aromatic heterocycles. The van der Waals surface area contributed by atoms with Gasteiger partial charge in [-0.05, 0) is 160 Å². The zero-order chi connectivity index (χ0) is 57.9. The maximum Gasteiger partial charge on any atom is 0.0726 e. The zero-order valence-electron chi connectivity index (χ0n) is 48.2. The Morgan fingerprint density at radius 1 is 0.227 bits per heavy atom. The fourth-order valence-electron chi connectivity index (χ4n) is 15.8. The highest BCUT2D eigenvalue weighted by molar-refractivity contribution is 6.10. The van der Waals surface area contributed by atoms with Crippen LogP contribution < -0.4 is 4.90 Å². The molecule has 0 radical (unpaired) electrons. The van der Waals surface area contributed by atoms with Crippen LogP contribution in [0.1, 0.15) is 44.5 Å². The van der Waals surface area contributed by atoms with E-state index in [9.17, 15) is 0 Å². The third kappa shape index (κ3) is 7.18. The molecule has 2 heteroatoms. The minimum atomic E-state index is -0.476. The van der Waals surface area contributed by atoms with Gasteiger partial charge in [0.1, 0.15) is 0 Å². The Bertz CT molecular complexity index is 5150. The SMILES string of the molecule is c1ccc(-c2ccc(N(c3ccc4c(c3)C3(c5ccccc5-c5ccccc53)c3ccccc3-4)c3ccccc3-c3ccc(-c4ccc5c6ccccc6n(-c6ccc7c(c6)-c6ccccc6C7(c6ccccc6)c6ccccc6)c5c4)cc3)cc2)cc1. The second-order valence-corrected chi connectivity index (χ2v) is 23.8. The second-order valence-electron chi connectivity index (χ2n) is 23.8. The van der Waals surface area contributed by atoms with Gasteiger partial charge in [0.25, 0.3) is 0 Å². The smallest absolute Gasteiger partial charge is 0.0726 e. The molecule has 14 aromatic carbocycles. The molecule has 0 bridgehead atoms. The largest absolute Gasteiger partial charge is 0.310 e. The maximum atomic E-state index is 2.50. The van der Waals surface area contributed by atoms with E-state index in [-0.39, 0.29) is 0 Å². The molecule has 0 saturated heterocycles. The number of hydrogen-bond donors (Lipinski definition) is 0. The first-order chi connectivity index (χ1) is 43.7. The minimum Gasteiger partial charge on any atom is -0.310 e. The van der Waals surface area contributed by atoms with E-state index in [1.807, 2.05) is 0 Å². The molecule has 410 valence electrons. The van der Waals surface area contributed by atoms with Gasteiger partial charge in [0.15, 0.2) is 0 Å². The number of nitrogens with zero attached hydrogens (tertiary/aromatic N) is 2. The number of anilines is 3. The van der Waals surface area contributed by atoms with Crippen LogP contribution in [0.5, 0.6) is 0 Å². The van der Waals surface area contributed by atoms with Gasteiger partial charge in [0.05, 0.1) is 27.6 Å². The van der Waals surface area contributed by atoms with Crippen LogP contribution >= 0.6 is 0 Å². The quantitative estimate of drug-likeness (QED) is 0.140. The van der Waals surface area contributed by atoms with E-state index in [0.29, 0.717) is 0 Å². The molecule has 3 aliphatic carbocycles. The molecule has 18 rings (SSSR count). The first kappa shape index (κ1) is 50.0. The van der Waals surface area contributed by atoms with Crippen LogP contribution in [0.15, 0.2) is 340 Å². The summed E-state index contributed by atoms with van der Waals surface area (Å²) in [4.78, 5) is 2.48. The molecule has 2 nitrogen and oxygen atoms in total. The van der Waals surface area contributed by atoms with Crippen LogP contribution in [-0.2, 0) is 10.8 Å². The van der Waals surface area contributed by atoms with E-state index in [4.69, 9.17) is 0 Å². The lowest BCUT2D eigenvalue weighted by molar-refractivity contribution is 0.768. The third-order valence-electron chi connectivity index (χ3n) is 19.5. The Morgan fingerprint density at radius 3 is 1.30 bits per heavy atom. The zero-order valence-corrected chi connectivity index (χ0v) is 48.2. The molecule has 1 spiro atoms. The number of para-hydroxylation sites is 2. The summed E-state index contributed by atoms with van der Waals surface area (Å²) in [5.41, 5.74) is 31.0. The molecule has 1 heterocycles. The van der Waals surface area contributed by atoms with Crippen LogP contribution in [0.25, 0.3) is 94.3 Å². The minimum absolute atomic E-state index is 0.464. The average molecular weight is 1120 g/mol. The highest BCUT2D eigenvalue weighted by Gasteiger charge is 2.52. The van der Waals surface area contributed by atoms with Crippen LogP contribution in [0.3, 0.4) is 0 Å². The average Bonchev–Trinajstić information content (AvgIpc) is 1.55. The Balaban J connectivity index is 0.762. The van der Waals surface area contributed by atoms with Crippen molar-refractivity contribution in [3.63, 3.8) is 0 Å². The van der Waals surface area contributed by atoms with E-state index < -0.39 is 10.8 Å². The Hall–Kier alpha value is -11.3. The molecular weight excluding hydrogens is 1060 g/mol. The summed E-state index contributed by atoms with van der Waals surface area (Å²) in [5, 5.41) is 2.47. The van der Waals surface area contributed by atoms with E-state index in [1.165, 1.54) is 116 Å². The molecule has 0 atom stereocenters. The molecule has 0 saturated carbocycles.